The summed E-state index contributed by atoms with van der Waals surface area (Å²) in [6.07, 6.45) is -0.453. The summed E-state index contributed by atoms with van der Waals surface area (Å²) in [4.78, 5) is 22.8. The summed E-state index contributed by atoms with van der Waals surface area (Å²) < 4.78 is 32.2. The van der Waals surface area contributed by atoms with E-state index in [2.05, 4.69) is 4.74 Å². The molecule has 2 aromatic rings. The van der Waals surface area contributed by atoms with Crippen LogP contribution < -0.4 is 4.74 Å². The largest absolute Gasteiger partial charge is 0.504 e. The topological polar surface area (TPSA) is 83.8 Å². The van der Waals surface area contributed by atoms with Crippen molar-refractivity contribution in [2.24, 2.45) is 0 Å². The Kier molecular flexibility index (Phi) is 4.59. The third-order valence-electron chi connectivity index (χ3n) is 3.25. The number of phenolic OH excluding ortho intramolecular Hbond substituents is 1. The van der Waals surface area contributed by atoms with E-state index in [1.54, 1.807) is 0 Å². The van der Waals surface area contributed by atoms with Crippen molar-refractivity contribution >= 4 is 11.8 Å². The van der Waals surface area contributed by atoms with Crippen molar-refractivity contribution in [1.29, 1.82) is 0 Å². The second kappa shape index (κ2) is 6.43. The average molecular weight is 322 g/mol. The van der Waals surface area contributed by atoms with Gasteiger partial charge in [0.25, 0.3) is 0 Å². The number of carboxylic acid groups (broad SMARTS) is 1. The van der Waals surface area contributed by atoms with E-state index in [0.717, 1.165) is 18.2 Å². The highest BCUT2D eigenvalue weighted by Crippen LogP contribution is 2.30. The standard InChI is InChI=1S/C16H12F2O5/c1-23-13-5-4-10(15(20)14(13)18)12(19)7-8-2-3-9(16(21)22)6-11(8)17/h2-6,20H,7H2,1H3,(H,21,22). The molecular weight excluding hydrogens is 310 g/mol. The van der Waals surface area contributed by atoms with Gasteiger partial charge in [0.1, 0.15) is 5.82 Å². The van der Waals surface area contributed by atoms with Crippen LogP contribution in [-0.2, 0) is 6.42 Å². The van der Waals surface area contributed by atoms with Gasteiger partial charge in [-0.1, -0.05) is 6.07 Å². The molecule has 0 saturated carbocycles. The van der Waals surface area contributed by atoms with E-state index in [1.165, 1.54) is 19.2 Å². The predicted molar refractivity (Wildman–Crippen MR) is 76.0 cm³/mol. The van der Waals surface area contributed by atoms with Crippen molar-refractivity contribution in [3.63, 3.8) is 0 Å². The van der Waals surface area contributed by atoms with Crippen molar-refractivity contribution < 1.29 is 33.3 Å². The molecule has 0 spiro atoms. The zero-order valence-electron chi connectivity index (χ0n) is 12.0. The number of benzene rings is 2. The molecule has 0 saturated heterocycles. The Bertz CT molecular complexity index is 786. The lowest BCUT2D eigenvalue weighted by atomic mass is 10.0. The van der Waals surface area contributed by atoms with E-state index in [1.807, 2.05) is 0 Å². The summed E-state index contributed by atoms with van der Waals surface area (Å²) in [5.74, 6) is -5.07. The molecule has 0 bridgehead atoms. The monoisotopic (exact) mass is 322 g/mol. The van der Waals surface area contributed by atoms with Crippen LogP contribution in [0.25, 0.3) is 0 Å². The van der Waals surface area contributed by atoms with Crippen LogP contribution in [0.1, 0.15) is 26.3 Å². The fourth-order valence-corrected chi connectivity index (χ4v) is 2.02. The molecule has 2 aromatic carbocycles. The number of carboxylic acids is 1. The number of hydrogen-bond acceptors (Lipinski definition) is 4. The molecule has 7 heteroatoms. The maximum Gasteiger partial charge on any atom is 0.335 e. The van der Waals surface area contributed by atoms with Crippen LogP contribution in [0.5, 0.6) is 11.5 Å². The number of aromatic carboxylic acids is 1. The van der Waals surface area contributed by atoms with Gasteiger partial charge in [-0.15, -0.1) is 0 Å². The van der Waals surface area contributed by atoms with Crippen molar-refractivity contribution in [3.8, 4) is 11.5 Å². The molecule has 120 valence electrons. The van der Waals surface area contributed by atoms with Gasteiger partial charge in [0.2, 0.25) is 5.82 Å². The second-order valence-electron chi connectivity index (χ2n) is 4.69. The van der Waals surface area contributed by atoms with Gasteiger partial charge >= 0.3 is 5.97 Å². The van der Waals surface area contributed by atoms with Crippen molar-refractivity contribution in [3.05, 3.63) is 58.7 Å². The van der Waals surface area contributed by atoms with Crippen LogP contribution in [0.2, 0.25) is 0 Å². The van der Waals surface area contributed by atoms with Gasteiger partial charge in [-0.05, 0) is 29.8 Å². The molecule has 2 rings (SSSR count). The Morgan fingerprint density at radius 1 is 1.17 bits per heavy atom. The molecular formula is C16H12F2O5. The highest BCUT2D eigenvalue weighted by Gasteiger charge is 2.20. The first-order valence-corrected chi connectivity index (χ1v) is 6.45. The number of carbonyl (C=O) groups is 2. The molecule has 0 aliphatic heterocycles. The number of Topliss-reactive ketones (excluding diaryl/α,β-unsaturated/α-hetero) is 1. The normalized spacial score (nSPS) is 10.4. The molecule has 0 unspecified atom stereocenters. The van der Waals surface area contributed by atoms with Gasteiger partial charge in [-0.2, -0.15) is 4.39 Å². The van der Waals surface area contributed by atoms with Gasteiger partial charge in [-0.3, -0.25) is 4.79 Å². The smallest absolute Gasteiger partial charge is 0.335 e. The Hall–Kier alpha value is -2.96. The second-order valence-corrected chi connectivity index (χ2v) is 4.69. The van der Waals surface area contributed by atoms with E-state index < -0.39 is 35.6 Å². The Morgan fingerprint density at radius 3 is 2.43 bits per heavy atom. The zero-order chi connectivity index (χ0) is 17.1. The molecule has 0 amide bonds. The number of methoxy groups -OCH3 is 1. The maximum atomic E-state index is 13.8. The predicted octanol–water partition coefficient (Wildman–Crippen LogP) is 2.80. The number of halogens is 2. The molecule has 23 heavy (non-hydrogen) atoms. The van der Waals surface area contributed by atoms with Crippen LogP contribution in [0.4, 0.5) is 8.78 Å². The lowest BCUT2D eigenvalue weighted by Crippen LogP contribution is -2.08. The van der Waals surface area contributed by atoms with E-state index >= 15 is 0 Å². The van der Waals surface area contributed by atoms with Crippen molar-refractivity contribution in [1.82, 2.24) is 0 Å². The maximum absolute atomic E-state index is 13.8. The summed E-state index contributed by atoms with van der Waals surface area (Å²) in [5.41, 5.74) is -0.627. The van der Waals surface area contributed by atoms with Crippen LogP contribution in [0.15, 0.2) is 30.3 Å². The number of ether oxygens (including phenoxy) is 1. The minimum atomic E-state index is -1.29. The van der Waals surface area contributed by atoms with E-state index in [4.69, 9.17) is 5.11 Å². The Labute approximate surface area is 129 Å². The van der Waals surface area contributed by atoms with Gasteiger partial charge in [0.15, 0.2) is 17.3 Å². The molecule has 0 atom stereocenters. The molecule has 0 aliphatic rings. The van der Waals surface area contributed by atoms with E-state index in [0.29, 0.717) is 0 Å². The van der Waals surface area contributed by atoms with Gasteiger partial charge in [0.05, 0.1) is 18.2 Å². The van der Waals surface area contributed by atoms with Crippen molar-refractivity contribution in [2.45, 2.75) is 6.42 Å². The first-order valence-electron chi connectivity index (χ1n) is 6.45. The molecule has 0 aromatic heterocycles. The van der Waals surface area contributed by atoms with Gasteiger partial charge in [-0.25, -0.2) is 9.18 Å². The van der Waals surface area contributed by atoms with Gasteiger partial charge in [0, 0.05) is 6.42 Å². The summed E-state index contributed by atoms with van der Waals surface area (Å²) in [6, 6.07) is 5.45. The molecule has 2 N–H and O–H groups in total. The number of ketones is 1. The average Bonchev–Trinajstić information content (AvgIpc) is 2.51. The summed E-state index contributed by atoms with van der Waals surface area (Å²) >= 11 is 0. The SMILES string of the molecule is COc1ccc(C(=O)Cc2ccc(C(=O)O)cc2F)c(O)c1F. The highest BCUT2D eigenvalue weighted by molar-refractivity contribution is 6.00. The molecule has 0 fully saturated rings. The third kappa shape index (κ3) is 3.28. The zero-order valence-corrected chi connectivity index (χ0v) is 12.0. The summed E-state index contributed by atoms with van der Waals surface area (Å²) in [6.45, 7) is 0. The fraction of sp³-hybridized carbons (Fsp3) is 0.125. The number of phenols is 1. The number of aromatic hydroxyl groups is 1. The van der Waals surface area contributed by atoms with Crippen LogP contribution in [0, 0.1) is 11.6 Å². The van der Waals surface area contributed by atoms with Crippen LogP contribution in [-0.4, -0.2) is 29.1 Å². The quantitative estimate of drug-likeness (QED) is 0.827. The molecule has 0 radical (unpaired) electrons. The minimum Gasteiger partial charge on any atom is -0.504 e. The van der Waals surface area contributed by atoms with Crippen LogP contribution in [0.3, 0.4) is 0 Å². The minimum absolute atomic E-state index is 0.0596. The molecule has 0 heterocycles. The van der Waals surface area contributed by atoms with Gasteiger partial charge < -0.3 is 14.9 Å². The van der Waals surface area contributed by atoms with E-state index in [-0.39, 0.29) is 22.4 Å². The molecule has 0 aliphatic carbocycles. The highest BCUT2D eigenvalue weighted by atomic mass is 19.1. The molecule has 5 nitrogen and oxygen atoms in total. The Balaban J connectivity index is 2.30. The van der Waals surface area contributed by atoms with E-state index in [9.17, 15) is 23.5 Å². The lowest BCUT2D eigenvalue weighted by molar-refractivity contribution is 0.0696. The lowest BCUT2D eigenvalue weighted by Gasteiger charge is -2.09. The first-order chi connectivity index (χ1) is 10.8. The summed E-state index contributed by atoms with van der Waals surface area (Å²) in [5, 5.41) is 18.5. The first kappa shape index (κ1) is 16.4. The Morgan fingerprint density at radius 2 is 1.87 bits per heavy atom. The number of carbonyl (C=O) groups excluding carboxylic acids is 1. The third-order valence-corrected chi connectivity index (χ3v) is 3.25. The number of rotatable bonds is 5. The van der Waals surface area contributed by atoms with Crippen molar-refractivity contribution in [2.75, 3.05) is 7.11 Å². The summed E-state index contributed by atoms with van der Waals surface area (Å²) in [7, 11) is 1.21. The number of hydrogen-bond donors (Lipinski definition) is 2. The fourth-order valence-electron chi connectivity index (χ4n) is 2.02. The van der Waals surface area contributed by atoms with Crippen LogP contribution >= 0.6 is 0 Å².